The van der Waals surface area contributed by atoms with Crippen molar-refractivity contribution in [2.75, 3.05) is 24.2 Å². The number of fused-ring (bicyclic) bond motifs is 1. The SMILES string of the molecule is CCOC(=O)C(C)OC(=O)c1cc(Oc2ccc(C(F)(F)F)cc2Cl)ccc1[N+](=O)[O-].CP(=O)(O)CCC(N)C(=O)O.Cc1ccn2nc(S(=O)(=O)Nc3c(F)cccc3F)nc2n1. The molecule has 2 aromatic heterocycles. The summed E-state index contributed by atoms with van der Waals surface area (Å²) < 4.78 is 118. The Kier molecular flexibility index (Phi) is 17.7. The van der Waals surface area contributed by atoms with E-state index in [1.807, 2.05) is 0 Å². The molecule has 0 fully saturated rings. The third kappa shape index (κ3) is 15.2. The second kappa shape index (κ2) is 21.8. The van der Waals surface area contributed by atoms with Gasteiger partial charge in [-0.25, -0.2) is 27.9 Å². The molecule has 0 aliphatic heterocycles. The average molecular weight is 968 g/mol. The number of aromatic nitrogens is 4. The number of anilines is 1. The van der Waals surface area contributed by atoms with Crippen molar-refractivity contribution >= 4 is 64.1 Å². The third-order valence-corrected chi connectivity index (χ3v) is 10.2. The fourth-order valence-corrected chi connectivity index (χ4v) is 6.49. The quantitative estimate of drug-likeness (QED) is 0.0309. The molecule has 0 aliphatic carbocycles. The van der Waals surface area contributed by atoms with Gasteiger partial charge in [0.1, 0.15) is 40.4 Å². The number of carboxylic acids is 1. The zero-order valence-corrected chi connectivity index (χ0v) is 35.9. The number of carboxylic acid groups (broad SMARTS) is 1. The van der Waals surface area contributed by atoms with E-state index < -0.39 is 97.8 Å². The molecule has 0 amide bonds. The van der Waals surface area contributed by atoms with Crippen LogP contribution in [0.3, 0.4) is 0 Å². The Hall–Kier alpha value is -6.34. The van der Waals surface area contributed by atoms with Crippen LogP contribution in [-0.2, 0) is 39.8 Å². The lowest BCUT2D eigenvalue weighted by Gasteiger charge is -2.13. The number of halogens is 6. The first-order chi connectivity index (χ1) is 29.6. The molecule has 64 heavy (non-hydrogen) atoms. The molecule has 2 heterocycles. The van der Waals surface area contributed by atoms with Crippen molar-refractivity contribution in [3.05, 3.63) is 110 Å². The van der Waals surface area contributed by atoms with E-state index in [-0.39, 0.29) is 41.5 Å². The summed E-state index contributed by atoms with van der Waals surface area (Å²) in [6.07, 6.45) is -4.46. The Morgan fingerprint density at radius 1 is 1.08 bits per heavy atom. The van der Waals surface area contributed by atoms with E-state index >= 15 is 0 Å². The first-order valence-corrected chi connectivity index (χ1v) is 21.9. The maximum absolute atomic E-state index is 13.5. The summed E-state index contributed by atoms with van der Waals surface area (Å²) in [5.74, 6) is -5.51. The standard InChI is InChI=1S/C19H15ClF3NO7.C12H9F2N5O2S.C5H12NO4P/c1-3-29-17(25)10(2)30-18(26)13-9-12(5-6-15(13)24(27)28)31-16-7-4-11(8-14(16)20)19(21,22)23;1-7-5-6-19-11(15-7)16-12(17-19)22(20,21)18-10-8(13)3-2-4-9(10)14;1-11(9,10)3-2-4(6)5(7)8/h4-10H,3H2,1-2H3;2-6,18H,1H3;4H,2-3,6H2,1H3,(H,7,8)(H,9,10). The number of hydrogen-bond acceptors (Lipinski definition) is 15. The third-order valence-electron chi connectivity index (χ3n) is 7.71. The summed E-state index contributed by atoms with van der Waals surface area (Å²) in [4.78, 5) is 61.0. The Morgan fingerprint density at radius 2 is 1.72 bits per heavy atom. The normalized spacial score (nSPS) is 13.1. The first kappa shape index (κ1) is 52.0. The number of sulfonamides is 1. The summed E-state index contributed by atoms with van der Waals surface area (Å²) in [7, 11) is -7.45. The van der Waals surface area contributed by atoms with Crippen LogP contribution in [0.2, 0.25) is 5.02 Å². The molecule has 0 bridgehead atoms. The van der Waals surface area contributed by atoms with Crippen molar-refractivity contribution in [1.82, 2.24) is 19.6 Å². The number of nitro groups is 1. The average Bonchev–Trinajstić information content (AvgIpc) is 3.63. The van der Waals surface area contributed by atoms with Crippen LogP contribution < -0.4 is 15.2 Å². The van der Waals surface area contributed by atoms with E-state index in [1.165, 1.54) is 19.8 Å². The van der Waals surface area contributed by atoms with Gasteiger partial charge in [-0.15, -0.1) is 5.10 Å². The Bertz CT molecular complexity index is 2670. The van der Waals surface area contributed by atoms with Crippen LogP contribution in [0.25, 0.3) is 5.78 Å². The number of aryl methyl sites for hydroxylation is 1. The molecule has 20 nitrogen and oxygen atoms in total. The molecule has 5 N–H and O–H groups in total. The smallest absolute Gasteiger partial charge is 0.416 e. The Balaban J connectivity index is 0.000000285. The van der Waals surface area contributed by atoms with E-state index in [1.54, 1.807) is 24.6 Å². The van der Waals surface area contributed by atoms with Gasteiger partial charge in [-0.1, -0.05) is 17.7 Å². The minimum Gasteiger partial charge on any atom is -0.480 e. The topological polar surface area (TPSA) is 295 Å². The lowest BCUT2D eigenvalue weighted by molar-refractivity contribution is -0.385. The summed E-state index contributed by atoms with van der Waals surface area (Å²) in [5, 5.41) is 22.3. The molecule has 3 unspecified atom stereocenters. The van der Waals surface area contributed by atoms with Gasteiger partial charge in [-0.2, -0.15) is 26.6 Å². The van der Waals surface area contributed by atoms with Crippen LogP contribution >= 0.6 is 19.0 Å². The van der Waals surface area contributed by atoms with Gasteiger partial charge in [0.25, 0.3) is 26.6 Å². The summed E-state index contributed by atoms with van der Waals surface area (Å²) >= 11 is 5.83. The highest BCUT2D eigenvalue weighted by Gasteiger charge is 2.32. The fourth-order valence-electron chi connectivity index (χ4n) is 4.56. The van der Waals surface area contributed by atoms with Gasteiger partial charge in [0.05, 0.1) is 22.1 Å². The van der Waals surface area contributed by atoms with Crippen molar-refractivity contribution in [2.45, 2.75) is 50.7 Å². The number of nitro benzene ring substituents is 1. The number of nitrogens with zero attached hydrogens (tertiary/aromatic N) is 5. The molecule has 3 aromatic carbocycles. The predicted octanol–water partition coefficient (Wildman–Crippen LogP) is 6.37. The zero-order valence-electron chi connectivity index (χ0n) is 33.4. The highest BCUT2D eigenvalue weighted by atomic mass is 35.5. The van der Waals surface area contributed by atoms with Gasteiger partial charge >= 0.3 is 24.1 Å². The number of ether oxygens (including phenoxy) is 3. The van der Waals surface area contributed by atoms with Crippen molar-refractivity contribution in [1.29, 1.82) is 0 Å². The van der Waals surface area contributed by atoms with Crippen LogP contribution in [0.1, 0.15) is 41.9 Å². The van der Waals surface area contributed by atoms with E-state index in [2.05, 4.69) is 15.1 Å². The summed E-state index contributed by atoms with van der Waals surface area (Å²) in [5.41, 5.74) is 2.76. The van der Waals surface area contributed by atoms with Gasteiger partial charge in [0, 0.05) is 36.9 Å². The van der Waals surface area contributed by atoms with E-state index in [0.29, 0.717) is 11.8 Å². The van der Waals surface area contributed by atoms with Gasteiger partial charge in [0.15, 0.2) is 13.5 Å². The van der Waals surface area contributed by atoms with Crippen molar-refractivity contribution in [2.24, 2.45) is 5.73 Å². The molecule has 0 radical (unpaired) electrons. The number of esters is 2. The number of carbonyl (C=O) groups is 3. The molecule has 28 heteroatoms. The number of benzene rings is 3. The maximum Gasteiger partial charge on any atom is 0.416 e. The highest BCUT2D eigenvalue weighted by molar-refractivity contribution is 7.92. The summed E-state index contributed by atoms with van der Waals surface area (Å²) in [6.45, 7) is 5.70. The molecule has 0 aliphatic rings. The Morgan fingerprint density at radius 3 is 2.27 bits per heavy atom. The molecule has 5 rings (SSSR count). The molecule has 3 atom stereocenters. The lowest BCUT2D eigenvalue weighted by atomic mass is 10.1. The summed E-state index contributed by atoms with van der Waals surface area (Å²) in [6, 6.07) is 8.94. The first-order valence-electron chi connectivity index (χ1n) is 17.8. The van der Waals surface area contributed by atoms with Gasteiger partial charge < -0.3 is 29.9 Å². The largest absolute Gasteiger partial charge is 0.480 e. The monoisotopic (exact) mass is 967 g/mol. The minimum absolute atomic E-state index is 0.0398. The number of para-hydroxylation sites is 1. The number of nitrogens with one attached hydrogen (secondary N) is 1. The lowest BCUT2D eigenvalue weighted by Crippen LogP contribution is -2.30. The predicted molar refractivity (Wildman–Crippen MR) is 215 cm³/mol. The molecule has 5 aromatic rings. The zero-order chi connectivity index (χ0) is 48.3. The van der Waals surface area contributed by atoms with Crippen LogP contribution in [0.5, 0.6) is 11.5 Å². The van der Waals surface area contributed by atoms with Crippen molar-refractivity contribution < 1.29 is 78.5 Å². The Labute approximate surface area is 363 Å². The molecule has 0 spiro atoms. The minimum atomic E-state index is -4.61. The fraction of sp³-hybridized carbons (Fsp3) is 0.278. The highest BCUT2D eigenvalue weighted by Crippen LogP contribution is 2.38. The second-order valence-electron chi connectivity index (χ2n) is 12.9. The maximum atomic E-state index is 13.5. The number of hydrogen-bond donors (Lipinski definition) is 4. The number of carbonyl (C=O) groups excluding carboxylic acids is 2. The van der Waals surface area contributed by atoms with E-state index in [0.717, 1.165) is 53.0 Å². The van der Waals surface area contributed by atoms with Crippen LogP contribution in [-0.4, -0.2) is 92.4 Å². The molecule has 0 saturated carbocycles. The molecular weight excluding hydrogens is 932 g/mol. The van der Waals surface area contributed by atoms with Crippen LogP contribution in [0, 0.1) is 28.7 Å². The number of rotatable bonds is 14. The van der Waals surface area contributed by atoms with Crippen molar-refractivity contribution in [3.63, 3.8) is 0 Å². The molecule has 346 valence electrons. The second-order valence-corrected chi connectivity index (χ2v) is 17.4. The van der Waals surface area contributed by atoms with E-state index in [9.17, 15) is 59.4 Å². The van der Waals surface area contributed by atoms with Gasteiger partial charge in [0.2, 0.25) is 0 Å². The van der Waals surface area contributed by atoms with Gasteiger partial charge in [-0.3, -0.25) is 24.2 Å². The van der Waals surface area contributed by atoms with E-state index in [4.69, 9.17) is 41.5 Å². The van der Waals surface area contributed by atoms with Crippen LogP contribution in [0.4, 0.5) is 33.3 Å². The number of aliphatic carboxylic acids is 1. The number of nitrogens with two attached hydrogens (primary N) is 1. The molecule has 0 saturated heterocycles. The van der Waals surface area contributed by atoms with Crippen LogP contribution in [0.15, 0.2) is 72.0 Å². The molecular formula is C36H36ClF5N7O13PS. The van der Waals surface area contributed by atoms with Gasteiger partial charge in [-0.05, 0) is 69.7 Å². The number of alkyl halides is 3. The van der Waals surface area contributed by atoms with Crippen molar-refractivity contribution in [3.8, 4) is 11.5 Å².